The molecule has 0 N–H and O–H groups in total. The predicted molar refractivity (Wildman–Crippen MR) is 278 cm³/mol. The maximum absolute atomic E-state index is 12.8. The van der Waals surface area contributed by atoms with Gasteiger partial charge in [-0.15, -0.1) is 0 Å². The quantitative estimate of drug-likeness (QED) is 0.0195. The standard InChI is InChI=1S/C56H108NO8P/c1-6-8-10-12-14-16-18-20-22-24-26-28-30-32-34-36-38-40-42-44-46-48-55(58)62-52-54(53-64-66(60,61)63-51-50-57(3,4)5)65-56(59)49-47-45-43-41-39-37-35-33-31-29-27-25-23-21-19-17-15-13-11-9-7-2/h20-23,54H,6-19,24-53H2,1-5H3/b22-20-,23-21-. The number of carbonyl (C=O) groups excluding carboxylic acids is 2. The normalized spacial score (nSPS) is 13.5. The van der Waals surface area contributed by atoms with Gasteiger partial charge >= 0.3 is 11.9 Å². The Kier molecular flexibility index (Phi) is 47.4. The Balaban J connectivity index is 4.17. The Labute approximate surface area is 409 Å². The molecule has 0 spiro atoms. The first kappa shape index (κ1) is 64.5. The van der Waals surface area contributed by atoms with Crippen molar-refractivity contribution in [2.75, 3.05) is 47.5 Å². The number of allylic oxidation sites excluding steroid dienone is 4. The fraction of sp³-hybridized carbons (Fsp3) is 0.893. The van der Waals surface area contributed by atoms with E-state index in [0.29, 0.717) is 17.4 Å². The monoisotopic (exact) mass is 954 g/mol. The fourth-order valence-corrected chi connectivity index (χ4v) is 8.79. The Morgan fingerprint density at radius 2 is 0.773 bits per heavy atom. The third-order valence-corrected chi connectivity index (χ3v) is 13.4. The summed E-state index contributed by atoms with van der Waals surface area (Å²) in [5, 5.41) is 0. The maximum atomic E-state index is 12.8. The average molecular weight is 954 g/mol. The molecule has 0 aliphatic rings. The zero-order chi connectivity index (χ0) is 48.5. The Bertz CT molecular complexity index is 1170. The van der Waals surface area contributed by atoms with Gasteiger partial charge in [0.15, 0.2) is 6.10 Å². The lowest BCUT2D eigenvalue weighted by Gasteiger charge is -2.28. The van der Waals surface area contributed by atoms with Gasteiger partial charge in [-0.3, -0.25) is 14.2 Å². The third kappa shape index (κ3) is 51.9. The highest BCUT2D eigenvalue weighted by molar-refractivity contribution is 7.45. The highest BCUT2D eigenvalue weighted by Gasteiger charge is 2.22. The molecule has 9 nitrogen and oxygen atoms in total. The van der Waals surface area contributed by atoms with Gasteiger partial charge in [-0.05, 0) is 64.2 Å². The van der Waals surface area contributed by atoms with Gasteiger partial charge in [0.2, 0.25) is 0 Å². The van der Waals surface area contributed by atoms with Crippen molar-refractivity contribution in [2.45, 2.75) is 277 Å². The second-order valence-electron chi connectivity index (χ2n) is 20.3. The fourth-order valence-electron chi connectivity index (χ4n) is 8.06. The van der Waals surface area contributed by atoms with Gasteiger partial charge in [-0.1, -0.05) is 218 Å². The molecule has 0 aliphatic heterocycles. The molecule has 0 rings (SSSR count). The van der Waals surface area contributed by atoms with E-state index in [1.165, 1.54) is 199 Å². The molecule has 0 amide bonds. The van der Waals surface area contributed by atoms with Gasteiger partial charge in [-0.25, -0.2) is 0 Å². The molecule has 66 heavy (non-hydrogen) atoms. The van der Waals surface area contributed by atoms with E-state index in [9.17, 15) is 19.0 Å². The van der Waals surface area contributed by atoms with E-state index >= 15 is 0 Å². The number of rotatable bonds is 52. The summed E-state index contributed by atoms with van der Waals surface area (Å²) in [6.07, 6.45) is 56.4. The van der Waals surface area contributed by atoms with E-state index in [1.54, 1.807) is 0 Å². The van der Waals surface area contributed by atoms with Crippen LogP contribution in [0.1, 0.15) is 271 Å². The van der Waals surface area contributed by atoms with Crippen LogP contribution in [0.2, 0.25) is 0 Å². The highest BCUT2D eigenvalue weighted by Crippen LogP contribution is 2.38. The minimum absolute atomic E-state index is 0.0289. The molecule has 10 heteroatoms. The van der Waals surface area contributed by atoms with Gasteiger partial charge in [0.25, 0.3) is 7.82 Å². The summed E-state index contributed by atoms with van der Waals surface area (Å²) in [4.78, 5) is 37.8. The molecule has 0 saturated heterocycles. The number of ether oxygens (including phenoxy) is 2. The van der Waals surface area contributed by atoms with Crippen molar-refractivity contribution >= 4 is 19.8 Å². The molecule has 0 fully saturated rings. The summed E-state index contributed by atoms with van der Waals surface area (Å²) in [6.45, 7) is 4.27. The lowest BCUT2D eigenvalue weighted by atomic mass is 10.0. The molecule has 0 aliphatic carbocycles. The molecular weight excluding hydrogens is 846 g/mol. The summed E-state index contributed by atoms with van der Waals surface area (Å²) in [6, 6.07) is 0. The van der Waals surface area contributed by atoms with E-state index < -0.39 is 26.5 Å². The molecule has 0 bridgehead atoms. The van der Waals surface area contributed by atoms with Crippen LogP contribution in [0.25, 0.3) is 0 Å². The van der Waals surface area contributed by atoms with Gasteiger partial charge in [0.1, 0.15) is 19.8 Å². The van der Waals surface area contributed by atoms with E-state index in [2.05, 4.69) is 38.2 Å². The molecule has 0 heterocycles. The first-order valence-corrected chi connectivity index (χ1v) is 29.5. The van der Waals surface area contributed by atoms with Crippen molar-refractivity contribution < 1.29 is 42.1 Å². The molecule has 390 valence electrons. The number of phosphoric acid groups is 1. The molecule has 0 radical (unpaired) electrons. The number of esters is 2. The van der Waals surface area contributed by atoms with Crippen LogP contribution < -0.4 is 4.89 Å². The van der Waals surface area contributed by atoms with Crippen LogP contribution in [0.4, 0.5) is 0 Å². The van der Waals surface area contributed by atoms with Crippen LogP contribution in [0.15, 0.2) is 24.3 Å². The topological polar surface area (TPSA) is 111 Å². The van der Waals surface area contributed by atoms with Crippen molar-refractivity contribution in [2.24, 2.45) is 0 Å². The second-order valence-corrected chi connectivity index (χ2v) is 21.7. The number of phosphoric ester groups is 1. The Hall–Kier alpha value is -1.51. The van der Waals surface area contributed by atoms with Gasteiger partial charge in [-0.2, -0.15) is 0 Å². The van der Waals surface area contributed by atoms with Crippen LogP contribution in [-0.4, -0.2) is 70.0 Å². The zero-order valence-corrected chi connectivity index (χ0v) is 45.1. The van der Waals surface area contributed by atoms with Gasteiger partial charge in [0.05, 0.1) is 27.7 Å². The van der Waals surface area contributed by atoms with E-state index in [1.807, 2.05) is 21.1 Å². The van der Waals surface area contributed by atoms with Crippen LogP contribution in [0.5, 0.6) is 0 Å². The number of quaternary nitrogens is 1. The minimum atomic E-state index is -4.63. The predicted octanol–water partition coefficient (Wildman–Crippen LogP) is 16.4. The molecular formula is C56H108NO8P. The van der Waals surface area contributed by atoms with Crippen LogP contribution in [-0.2, 0) is 32.7 Å². The van der Waals surface area contributed by atoms with Crippen LogP contribution in [0.3, 0.4) is 0 Å². The minimum Gasteiger partial charge on any atom is -0.756 e. The van der Waals surface area contributed by atoms with Crippen molar-refractivity contribution in [3.8, 4) is 0 Å². The summed E-state index contributed by atoms with van der Waals surface area (Å²) >= 11 is 0. The number of carbonyl (C=O) groups is 2. The summed E-state index contributed by atoms with van der Waals surface area (Å²) in [7, 11) is 1.18. The Morgan fingerprint density at radius 1 is 0.455 bits per heavy atom. The van der Waals surface area contributed by atoms with Gasteiger partial charge in [0, 0.05) is 12.8 Å². The first-order chi connectivity index (χ1) is 32.0. The van der Waals surface area contributed by atoms with Crippen LogP contribution in [0, 0.1) is 0 Å². The molecule has 2 atom stereocenters. The lowest BCUT2D eigenvalue weighted by Crippen LogP contribution is -2.37. The SMILES string of the molecule is CCCCCCCC/C=C\CCCCCCCCCCCCCC(=O)OCC(COP(=O)([O-])OCC[N+](C)(C)C)OC(=O)CCCCCCCCCCCCC/C=C\CCCCCCCC. The molecule has 0 aromatic heterocycles. The van der Waals surface area contributed by atoms with Crippen molar-refractivity contribution in [3.05, 3.63) is 24.3 Å². The van der Waals surface area contributed by atoms with E-state index in [4.69, 9.17) is 18.5 Å². The average Bonchev–Trinajstić information content (AvgIpc) is 3.27. The van der Waals surface area contributed by atoms with E-state index in [0.717, 1.165) is 38.5 Å². The van der Waals surface area contributed by atoms with Crippen molar-refractivity contribution in [1.29, 1.82) is 0 Å². The third-order valence-electron chi connectivity index (χ3n) is 12.4. The van der Waals surface area contributed by atoms with Crippen molar-refractivity contribution in [3.63, 3.8) is 0 Å². The van der Waals surface area contributed by atoms with Crippen LogP contribution >= 0.6 is 7.82 Å². The van der Waals surface area contributed by atoms with E-state index in [-0.39, 0.29) is 32.0 Å². The lowest BCUT2D eigenvalue weighted by molar-refractivity contribution is -0.870. The number of hydrogen-bond acceptors (Lipinski definition) is 8. The van der Waals surface area contributed by atoms with Crippen molar-refractivity contribution in [1.82, 2.24) is 0 Å². The first-order valence-electron chi connectivity index (χ1n) is 28.0. The number of hydrogen-bond donors (Lipinski definition) is 0. The summed E-state index contributed by atoms with van der Waals surface area (Å²) in [5.41, 5.74) is 0. The molecule has 0 aromatic rings. The molecule has 0 aromatic carbocycles. The maximum Gasteiger partial charge on any atom is 0.306 e. The zero-order valence-electron chi connectivity index (χ0n) is 44.2. The summed E-state index contributed by atoms with van der Waals surface area (Å²) in [5.74, 6) is -0.822. The number of unbranched alkanes of at least 4 members (excludes halogenated alkanes) is 34. The second kappa shape index (κ2) is 48.5. The smallest absolute Gasteiger partial charge is 0.306 e. The number of nitrogens with zero attached hydrogens (tertiary/aromatic N) is 1. The van der Waals surface area contributed by atoms with Gasteiger partial charge < -0.3 is 27.9 Å². The molecule has 2 unspecified atom stereocenters. The number of likely N-dealkylation sites (N-methyl/N-ethyl adjacent to an activating group) is 1. The summed E-state index contributed by atoms with van der Waals surface area (Å²) < 4.78 is 34.1. The Morgan fingerprint density at radius 3 is 1.12 bits per heavy atom. The highest BCUT2D eigenvalue weighted by atomic mass is 31.2. The molecule has 0 saturated carbocycles. The largest absolute Gasteiger partial charge is 0.756 e.